The van der Waals surface area contributed by atoms with Crippen molar-refractivity contribution < 1.29 is 27.5 Å². The molecule has 0 atom stereocenters. The van der Waals surface area contributed by atoms with Crippen LogP contribution in [-0.2, 0) is 21.5 Å². The summed E-state index contributed by atoms with van der Waals surface area (Å²) in [6.07, 6.45) is -2.89. The average Bonchev–Trinajstić information content (AvgIpc) is 3.08. The lowest BCUT2D eigenvalue weighted by molar-refractivity contribution is -0.274. The van der Waals surface area contributed by atoms with E-state index in [2.05, 4.69) is 15.4 Å². The smallest absolute Gasteiger partial charge is 0.406 e. The van der Waals surface area contributed by atoms with Gasteiger partial charge in [-0.1, -0.05) is 6.07 Å². The number of ether oxygens (including phenoxy) is 1. The highest BCUT2D eigenvalue weighted by Crippen LogP contribution is 2.42. The standard InChI is InChI=1S/C30H38F3N3O3S/c1-27(2,3)34-23(37)17-36-22-15-12-19(29(7,8)26(38)35-28(4,5)6)16-21(22)25(40-9)24(36)18-10-13-20(14-11-18)39-30(31,32)33/h10-16H,17H2,1-9H3,(H,34,37)(H,35,38). The summed E-state index contributed by atoms with van der Waals surface area (Å²) < 4.78 is 44.2. The zero-order chi connectivity index (χ0) is 30.3. The second kappa shape index (κ2) is 11.0. The minimum Gasteiger partial charge on any atom is -0.406 e. The lowest BCUT2D eigenvalue weighted by Crippen LogP contribution is -2.48. The number of aromatic nitrogens is 1. The molecule has 1 heterocycles. The summed E-state index contributed by atoms with van der Waals surface area (Å²) in [4.78, 5) is 27.1. The highest BCUT2D eigenvalue weighted by molar-refractivity contribution is 7.99. The normalized spacial score (nSPS) is 12.9. The van der Waals surface area contributed by atoms with Gasteiger partial charge < -0.3 is 19.9 Å². The first-order valence-electron chi connectivity index (χ1n) is 12.9. The van der Waals surface area contributed by atoms with Crippen LogP contribution < -0.4 is 15.4 Å². The van der Waals surface area contributed by atoms with Crippen molar-refractivity contribution in [3.05, 3.63) is 48.0 Å². The number of halogens is 3. The minimum absolute atomic E-state index is 0.00227. The molecule has 2 N–H and O–H groups in total. The number of fused-ring (bicyclic) bond motifs is 1. The number of rotatable bonds is 7. The molecule has 2 amide bonds. The molecule has 0 spiro atoms. The van der Waals surface area contributed by atoms with E-state index in [0.29, 0.717) is 11.3 Å². The Morgan fingerprint density at radius 2 is 1.45 bits per heavy atom. The van der Waals surface area contributed by atoms with Crippen LogP contribution in [-0.4, -0.2) is 40.1 Å². The predicted molar refractivity (Wildman–Crippen MR) is 155 cm³/mol. The first-order valence-corrected chi connectivity index (χ1v) is 14.1. The van der Waals surface area contributed by atoms with Gasteiger partial charge in [0.15, 0.2) is 0 Å². The van der Waals surface area contributed by atoms with Gasteiger partial charge in [-0.3, -0.25) is 9.59 Å². The molecular weight excluding hydrogens is 539 g/mol. The number of carbonyl (C=O) groups is 2. The van der Waals surface area contributed by atoms with E-state index in [1.165, 1.54) is 23.9 Å². The second-order valence-corrected chi connectivity index (χ2v) is 13.2. The third-order valence-electron chi connectivity index (χ3n) is 6.18. The maximum atomic E-state index is 13.2. The van der Waals surface area contributed by atoms with Gasteiger partial charge in [0.1, 0.15) is 12.3 Å². The van der Waals surface area contributed by atoms with Crippen molar-refractivity contribution in [1.29, 1.82) is 0 Å². The molecule has 2 aromatic carbocycles. The highest BCUT2D eigenvalue weighted by atomic mass is 32.2. The van der Waals surface area contributed by atoms with Crippen LogP contribution in [0.15, 0.2) is 47.4 Å². The summed E-state index contributed by atoms with van der Waals surface area (Å²) in [5.74, 6) is -0.650. The molecule has 3 aromatic rings. The largest absolute Gasteiger partial charge is 0.573 e. The summed E-state index contributed by atoms with van der Waals surface area (Å²) in [7, 11) is 0. The Morgan fingerprint density at radius 1 is 0.875 bits per heavy atom. The third kappa shape index (κ3) is 7.53. The van der Waals surface area contributed by atoms with Gasteiger partial charge in [-0.2, -0.15) is 0 Å². The van der Waals surface area contributed by atoms with Crippen molar-refractivity contribution in [2.24, 2.45) is 0 Å². The fraction of sp³-hybridized carbons (Fsp3) is 0.467. The molecule has 10 heteroatoms. The number of benzene rings is 2. The van der Waals surface area contributed by atoms with Crippen molar-refractivity contribution >= 4 is 34.5 Å². The van der Waals surface area contributed by atoms with Gasteiger partial charge in [0.25, 0.3) is 0 Å². The lowest BCUT2D eigenvalue weighted by atomic mass is 9.82. The molecule has 0 aliphatic heterocycles. The Labute approximate surface area is 238 Å². The van der Waals surface area contributed by atoms with Crippen LogP contribution in [0.4, 0.5) is 13.2 Å². The van der Waals surface area contributed by atoms with Gasteiger partial charge in [0.05, 0.1) is 16.6 Å². The first kappa shape index (κ1) is 31.4. The van der Waals surface area contributed by atoms with Crippen molar-refractivity contribution in [2.75, 3.05) is 6.26 Å². The van der Waals surface area contributed by atoms with Gasteiger partial charge >= 0.3 is 6.36 Å². The third-order valence-corrected chi connectivity index (χ3v) is 7.00. The number of hydrogen-bond donors (Lipinski definition) is 2. The van der Waals surface area contributed by atoms with E-state index in [0.717, 1.165) is 21.4 Å². The molecule has 218 valence electrons. The molecular formula is C30H38F3N3O3S. The van der Waals surface area contributed by atoms with Crippen LogP contribution in [0.3, 0.4) is 0 Å². The molecule has 6 nitrogen and oxygen atoms in total. The summed E-state index contributed by atoms with van der Waals surface area (Å²) in [6, 6.07) is 11.4. The Bertz CT molecular complexity index is 1400. The van der Waals surface area contributed by atoms with Crippen LogP contribution in [0.25, 0.3) is 22.2 Å². The maximum absolute atomic E-state index is 13.2. The van der Waals surface area contributed by atoms with E-state index < -0.39 is 22.9 Å². The lowest BCUT2D eigenvalue weighted by Gasteiger charge is -2.30. The molecule has 0 radical (unpaired) electrons. The van der Waals surface area contributed by atoms with E-state index in [4.69, 9.17) is 0 Å². The van der Waals surface area contributed by atoms with Gasteiger partial charge in [0.2, 0.25) is 11.8 Å². The molecule has 0 aliphatic rings. The Morgan fingerprint density at radius 3 is 1.95 bits per heavy atom. The summed E-state index contributed by atoms with van der Waals surface area (Å²) in [6.45, 7) is 15.2. The molecule has 0 saturated heterocycles. The van der Waals surface area contributed by atoms with E-state index in [9.17, 15) is 22.8 Å². The van der Waals surface area contributed by atoms with E-state index >= 15 is 0 Å². The average molecular weight is 578 g/mol. The number of alkyl halides is 3. The van der Waals surface area contributed by atoms with E-state index in [1.54, 1.807) is 12.1 Å². The van der Waals surface area contributed by atoms with Gasteiger partial charge in [-0.25, -0.2) is 0 Å². The molecule has 1 aromatic heterocycles. The van der Waals surface area contributed by atoms with Crippen molar-refractivity contribution in [3.63, 3.8) is 0 Å². The van der Waals surface area contributed by atoms with Gasteiger partial charge in [0, 0.05) is 21.4 Å². The van der Waals surface area contributed by atoms with E-state index in [1.807, 2.05) is 84.4 Å². The number of nitrogens with zero attached hydrogens (tertiary/aromatic N) is 1. The summed E-state index contributed by atoms with van der Waals surface area (Å²) in [5, 5.41) is 6.88. The molecule has 40 heavy (non-hydrogen) atoms. The summed E-state index contributed by atoms with van der Waals surface area (Å²) in [5.41, 5.74) is 1.20. The van der Waals surface area contributed by atoms with Crippen molar-refractivity contribution in [1.82, 2.24) is 15.2 Å². The highest BCUT2D eigenvalue weighted by Gasteiger charge is 2.34. The van der Waals surface area contributed by atoms with E-state index in [-0.39, 0.29) is 24.1 Å². The maximum Gasteiger partial charge on any atom is 0.573 e. The number of hydrogen-bond acceptors (Lipinski definition) is 4. The SMILES string of the molecule is CSc1c(-c2ccc(OC(F)(F)F)cc2)n(CC(=O)NC(C)(C)C)c2ccc(C(C)(C)C(=O)NC(C)(C)C)cc12. The topological polar surface area (TPSA) is 72.4 Å². The monoisotopic (exact) mass is 577 g/mol. The molecule has 0 unspecified atom stereocenters. The van der Waals surface area contributed by atoms with Gasteiger partial charge in [-0.05, 0) is 109 Å². The number of thioether (sulfide) groups is 1. The number of carbonyl (C=O) groups excluding carboxylic acids is 2. The first-order chi connectivity index (χ1) is 18.2. The Hall–Kier alpha value is -3.14. The number of amides is 2. The summed E-state index contributed by atoms with van der Waals surface area (Å²) >= 11 is 1.47. The molecule has 0 fully saturated rings. The van der Waals surface area contributed by atoms with Crippen LogP contribution >= 0.6 is 11.8 Å². The van der Waals surface area contributed by atoms with Crippen LogP contribution in [0, 0.1) is 0 Å². The van der Waals surface area contributed by atoms with Crippen LogP contribution in [0.1, 0.15) is 61.0 Å². The van der Waals surface area contributed by atoms with Crippen LogP contribution in [0.2, 0.25) is 0 Å². The molecule has 0 bridgehead atoms. The Balaban J connectivity index is 2.21. The fourth-order valence-corrected chi connectivity index (χ4v) is 5.22. The molecule has 0 aliphatic carbocycles. The molecule has 0 saturated carbocycles. The fourth-order valence-electron chi connectivity index (χ4n) is 4.41. The second-order valence-electron chi connectivity index (χ2n) is 12.4. The molecule has 3 rings (SSSR count). The van der Waals surface area contributed by atoms with Crippen molar-refractivity contribution in [3.8, 4) is 17.0 Å². The predicted octanol–water partition coefficient (Wildman–Crippen LogP) is 7.04. The zero-order valence-electron chi connectivity index (χ0n) is 24.5. The zero-order valence-corrected chi connectivity index (χ0v) is 25.3. The minimum atomic E-state index is -4.80. The van der Waals surface area contributed by atoms with Crippen molar-refractivity contribution in [2.45, 2.75) is 89.7 Å². The van der Waals surface area contributed by atoms with Gasteiger partial charge in [-0.15, -0.1) is 24.9 Å². The van der Waals surface area contributed by atoms with Crippen LogP contribution in [0.5, 0.6) is 5.75 Å². The Kier molecular flexibility index (Phi) is 8.65. The quantitative estimate of drug-likeness (QED) is 0.296. The number of nitrogens with one attached hydrogen (secondary N) is 2.